The highest BCUT2D eigenvalue weighted by Gasteiger charge is 2.12. The smallest absolute Gasteiger partial charge is 0.111 e. The van der Waals surface area contributed by atoms with E-state index in [2.05, 4.69) is 78.2 Å². The summed E-state index contributed by atoms with van der Waals surface area (Å²) >= 11 is 3.51. The Hall–Kier alpha value is -2.40. The predicted octanol–water partition coefficient (Wildman–Crippen LogP) is 6.41. The second-order valence-electron chi connectivity index (χ2n) is 6.62. The van der Waals surface area contributed by atoms with Crippen molar-refractivity contribution in [2.75, 3.05) is 5.75 Å². The maximum atomic E-state index is 6.38. The van der Waals surface area contributed by atoms with Crippen LogP contribution in [-0.4, -0.2) is 10.7 Å². The van der Waals surface area contributed by atoms with Crippen LogP contribution in [0.25, 0.3) is 22.4 Å². The number of hydrogen-bond donors (Lipinski definition) is 1. The number of thioether (sulfide) groups is 1. The molecule has 0 saturated heterocycles. The first-order valence-corrected chi connectivity index (χ1v) is 11.3. The van der Waals surface area contributed by atoms with Gasteiger partial charge in [-0.25, -0.2) is 4.98 Å². The van der Waals surface area contributed by atoms with Crippen LogP contribution >= 0.6 is 23.1 Å². The van der Waals surface area contributed by atoms with Gasteiger partial charge >= 0.3 is 0 Å². The molecule has 4 rings (SSSR count). The zero-order chi connectivity index (χ0) is 19.2. The third kappa shape index (κ3) is 4.71. The van der Waals surface area contributed by atoms with Crippen molar-refractivity contribution < 1.29 is 0 Å². The molecule has 1 aromatic heterocycles. The summed E-state index contributed by atoms with van der Waals surface area (Å²) in [5, 5.41) is 3.11. The average molecular weight is 403 g/mol. The lowest BCUT2D eigenvalue weighted by molar-refractivity contribution is 0.820. The Kier molecular flexibility index (Phi) is 6.22. The number of nitrogens with zero attached hydrogens (tertiary/aromatic N) is 1. The molecule has 0 aliphatic carbocycles. The van der Waals surface area contributed by atoms with E-state index in [9.17, 15) is 0 Å². The van der Waals surface area contributed by atoms with Crippen molar-refractivity contribution in [1.82, 2.24) is 4.98 Å². The van der Waals surface area contributed by atoms with E-state index < -0.39 is 0 Å². The zero-order valence-corrected chi connectivity index (χ0v) is 17.1. The number of nitrogens with two attached hydrogens (primary N) is 1. The Labute approximate surface area is 174 Å². The molecule has 28 heavy (non-hydrogen) atoms. The largest absolute Gasteiger partial charge is 0.321 e. The molecule has 1 atom stereocenters. The SMILES string of the molecule is NC(CSCc1ccccc1)c1nc(-c2ccc(-c3ccccc3)cc2)cs1. The van der Waals surface area contributed by atoms with Crippen LogP contribution < -0.4 is 5.73 Å². The van der Waals surface area contributed by atoms with E-state index in [0.29, 0.717) is 0 Å². The van der Waals surface area contributed by atoms with Gasteiger partial charge in [0.2, 0.25) is 0 Å². The van der Waals surface area contributed by atoms with Gasteiger partial charge in [-0.05, 0) is 16.7 Å². The molecule has 2 nitrogen and oxygen atoms in total. The van der Waals surface area contributed by atoms with Crippen molar-refractivity contribution in [3.8, 4) is 22.4 Å². The first kappa shape index (κ1) is 18.9. The Bertz CT molecular complexity index is 996. The Morgan fingerprint density at radius 1 is 0.786 bits per heavy atom. The van der Waals surface area contributed by atoms with Gasteiger partial charge in [0, 0.05) is 22.4 Å². The van der Waals surface area contributed by atoms with Crippen molar-refractivity contribution in [2.45, 2.75) is 11.8 Å². The van der Waals surface area contributed by atoms with Crippen LogP contribution in [0.4, 0.5) is 0 Å². The van der Waals surface area contributed by atoms with E-state index in [1.165, 1.54) is 16.7 Å². The molecule has 1 heterocycles. The summed E-state index contributed by atoms with van der Waals surface area (Å²) in [4.78, 5) is 4.79. The number of thiazole rings is 1. The Balaban J connectivity index is 1.38. The predicted molar refractivity (Wildman–Crippen MR) is 123 cm³/mol. The summed E-state index contributed by atoms with van der Waals surface area (Å²) in [6.45, 7) is 0. The van der Waals surface area contributed by atoms with E-state index >= 15 is 0 Å². The molecule has 4 heteroatoms. The molecule has 0 aliphatic rings. The van der Waals surface area contributed by atoms with Crippen LogP contribution in [-0.2, 0) is 5.75 Å². The lowest BCUT2D eigenvalue weighted by atomic mass is 10.0. The quantitative estimate of drug-likeness (QED) is 0.388. The summed E-state index contributed by atoms with van der Waals surface area (Å²) in [5.74, 6) is 1.85. The second-order valence-corrected chi connectivity index (χ2v) is 8.54. The van der Waals surface area contributed by atoms with Crippen LogP contribution in [0, 0.1) is 0 Å². The van der Waals surface area contributed by atoms with Gasteiger partial charge in [-0.2, -0.15) is 11.8 Å². The van der Waals surface area contributed by atoms with E-state index in [1.807, 2.05) is 23.9 Å². The van der Waals surface area contributed by atoms with Gasteiger partial charge in [0.05, 0.1) is 11.7 Å². The monoisotopic (exact) mass is 402 g/mol. The average Bonchev–Trinajstić information content (AvgIpc) is 3.26. The van der Waals surface area contributed by atoms with Crippen LogP contribution in [0.2, 0.25) is 0 Å². The summed E-state index contributed by atoms with van der Waals surface area (Å²) in [5.41, 5.74) is 12.3. The highest BCUT2D eigenvalue weighted by atomic mass is 32.2. The summed E-state index contributed by atoms with van der Waals surface area (Å²) in [6, 6.07) is 29.5. The van der Waals surface area contributed by atoms with Crippen molar-refractivity contribution in [1.29, 1.82) is 0 Å². The molecule has 3 aromatic carbocycles. The molecule has 0 bridgehead atoms. The summed E-state index contributed by atoms with van der Waals surface area (Å²) in [7, 11) is 0. The fourth-order valence-electron chi connectivity index (χ4n) is 3.00. The minimum absolute atomic E-state index is 0.0314. The maximum Gasteiger partial charge on any atom is 0.111 e. The van der Waals surface area contributed by atoms with Crippen LogP contribution in [0.3, 0.4) is 0 Å². The molecule has 0 spiro atoms. The lowest BCUT2D eigenvalue weighted by Crippen LogP contribution is -2.12. The molecular weight excluding hydrogens is 380 g/mol. The standard InChI is InChI=1S/C24H22N2S2/c25-22(16-27-15-18-7-3-1-4-8-18)24-26-23(17-28-24)21-13-11-20(12-14-21)19-9-5-2-6-10-19/h1-14,17,22H,15-16,25H2. The normalized spacial score (nSPS) is 12.0. The van der Waals surface area contributed by atoms with E-state index in [0.717, 1.165) is 27.8 Å². The van der Waals surface area contributed by atoms with Crippen molar-refractivity contribution >= 4 is 23.1 Å². The van der Waals surface area contributed by atoms with Crippen molar-refractivity contribution in [3.63, 3.8) is 0 Å². The topological polar surface area (TPSA) is 38.9 Å². The molecular formula is C24H22N2S2. The van der Waals surface area contributed by atoms with Gasteiger partial charge in [0.15, 0.2) is 0 Å². The maximum absolute atomic E-state index is 6.38. The minimum atomic E-state index is -0.0314. The zero-order valence-electron chi connectivity index (χ0n) is 15.5. The highest BCUT2D eigenvalue weighted by molar-refractivity contribution is 7.98. The van der Waals surface area contributed by atoms with E-state index in [4.69, 9.17) is 10.7 Å². The van der Waals surface area contributed by atoms with Gasteiger partial charge < -0.3 is 5.73 Å². The second kappa shape index (κ2) is 9.20. The van der Waals surface area contributed by atoms with Gasteiger partial charge in [-0.1, -0.05) is 84.9 Å². The number of hydrogen-bond acceptors (Lipinski definition) is 4. The Morgan fingerprint density at radius 3 is 2.11 bits per heavy atom. The van der Waals surface area contributed by atoms with Crippen LogP contribution in [0.1, 0.15) is 16.6 Å². The first-order valence-electron chi connectivity index (χ1n) is 9.28. The minimum Gasteiger partial charge on any atom is -0.321 e. The molecule has 0 saturated carbocycles. The number of aromatic nitrogens is 1. The van der Waals surface area contributed by atoms with Crippen LogP contribution in [0.5, 0.6) is 0 Å². The molecule has 0 radical (unpaired) electrons. The fourth-order valence-corrected chi connectivity index (χ4v) is 4.90. The molecule has 2 N–H and O–H groups in total. The van der Waals surface area contributed by atoms with E-state index in [-0.39, 0.29) is 6.04 Å². The van der Waals surface area contributed by atoms with Crippen LogP contribution in [0.15, 0.2) is 90.3 Å². The molecule has 4 aromatic rings. The number of rotatable bonds is 7. The van der Waals surface area contributed by atoms with Gasteiger partial charge in [-0.3, -0.25) is 0 Å². The van der Waals surface area contributed by atoms with E-state index in [1.54, 1.807) is 11.3 Å². The molecule has 140 valence electrons. The molecule has 0 aliphatic heterocycles. The Morgan fingerprint density at radius 2 is 1.39 bits per heavy atom. The summed E-state index contributed by atoms with van der Waals surface area (Å²) in [6.07, 6.45) is 0. The highest BCUT2D eigenvalue weighted by Crippen LogP contribution is 2.29. The van der Waals surface area contributed by atoms with Gasteiger partial charge in [0.1, 0.15) is 5.01 Å². The molecule has 0 fully saturated rings. The lowest BCUT2D eigenvalue weighted by Gasteiger charge is -2.08. The van der Waals surface area contributed by atoms with Gasteiger partial charge in [-0.15, -0.1) is 11.3 Å². The summed E-state index contributed by atoms with van der Waals surface area (Å²) < 4.78 is 0. The fraction of sp³-hybridized carbons (Fsp3) is 0.125. The van der Waals surface area contributed by atoms with Crippen molar-refractivity contribution in [2.24, 2.45) is 5.73 Å². The molecule has 1 unspecified atom stereocenters. The third-order valence-corrected chi connectivity index (χ3v) is 6.64. The molecule has 0 amide bonds. The van der Waals surface area contributed by atoms with Crippen molar-refractivity contribution in [3.05, 3.63) is 101 Å². The van der Waals surface area contributed by atoms with Gasteiger partial charge in [0.25, 0.3) is 0 Å². The third-order valence-electron chi connectivity index (χ3n) is 4.54. The number of benzene rings is 3. The first-order chi connectivity index (χ1) is 13.8.